The van der Waals surface area contributed by atoms with Crippen LogP contribution in [0.1, 0.15) is 233 Å². The van der Waals surface area contributed by atoms with Crippen LogP contribution in [0.15, 0.2) is 18.5 Å². The number of aliphatic carboxylic acids is 6. The molecule has 1 heterocycles. The molecule has 0 spiro atoms. The summed E-state index contributed by atoms with van der Waals surface area (Å²) in [5.74, 6) is -10.1. The van der Waals surface area contributed by atoms with Gasteiger partial charge in [-0.05, 0) is 51.0 Å². The summed E-state index contributed by atoms with van der Waals surface area (Å²) < 4.78 is 6.82. The largest absolute Gasteiger partial charge is 0.481 e. The molecule has 0 fully saturated rings. The summed E-state index contributed by atoms with van der Waals surface area (Å²) in [6.07, 6.45) is 20.5. The number of carbonyl (C=O) groups excluding carboxylic acids is 3. The number of unbranched alkanes of at least 4 members (excludes halogenated alkanes) is 18. The molecule has 19 nitrogen and oxygen atoms in total. The number of pyridine rings is 1. The third-order valence-electron chi connectivity index (χ3n) is 12.7. The summed E-state index contributed by atoms with van der Waals surface area (Å²) in [5, 5.41) is 62.1. The van der Waals surface area contributed by atoms with Crippen molar-refractivity contribution in [2.75, 3.05) is 6.61 Å². The predicted octanol–water partition coefficient (Wildman–Crippen LogP) is 8.47. The fourth-order valence-corrected chi connectivity index (χ4v) is 8.53. The van der Waals surface area contributed by atoms with Gasteiger partial charge in [-0.2, -0.15) is 4.57 Å². The Balaban J connectivity index is 3.09. The first-order chi connectivity index (χ1) is 33.3. The predicted molar refractivity (Wildman–Crippen MR) is 257 cm³/mol. The van der Waals surface area contributed by atoms with Gasteiger partial charge in [0, 0.05) is 56.0 Å². The van der Waals surface area contributed by atoms with Gasteiger partial charge in [-0.1, -0.05) is 122 Å². The van der Waals surface area contributed by atoms with Crippen LogP contribution < -0.4 is 15.2 Å². The fourth-order valence-electron chi connectivity index (χ4n) is 8.53. The number of carbonyl (C=O) groups is 9. The zero-order valence-corrected chi connectivity index (χ0v) is 41.5. The number of esters is 1. The van der Waals surface area contributed by atoms with E-state index in [2.05, 4.69) is 17.6 Å². The SMILES string of the molecule is CCCCCCCCCCCCCCCCCCCCCC(=O)OCC[n+]1cc(C(=O)NC(CCC(=O)O)(CCC(=O)O)CCC(=O)O)cc(C(=O)NC(CCC(=O)O)(CCC(=O)O)CCC(=O)O)c1. The molecule has 0 saturated heterocycles. The number of carboxylic acid groups (broad SMARTS) is 6. The number of carboxylic acids is 6. The highest BCUT2D eigenvalue weighted by atomic mass is 16.5. The summed E-state index contributed by atoms with van der Waals surface area (Å²) in [6.45, 7) is 1.94. The molecule has 0 unspecified atom stereocenters. The van der Waals surface area contributed by atoms with Crippen LogP contribution in [0.25, 0.3) is 0 Å². The Bertz CT molecular complexity index is 1620. The summed E-state index contributed by atoms with van der Waals surface area (Å²) in [6, 6.07) is 1.11. The van der Waals surface area contributed by atoms with Crippen molar-refractivity contribution in [1.29, 1.82) is 0 Å². The lowest BCUT2D eigenvalue weighted by molar-refractivity contribution is -0.698. The van der Waals surface area contributed by atoms with E-state index in [0.29, 0.717) is 6.42 Å². The smallest absolute Gasteiger partial charge is 0.306 e. The van der Waals surface area contributed by atoms with Crippen LogP contribution >= 0.6 is 0 Å². The lowest BCUT2D eigenvalue weighted by Crippen LogP contribution is -2.51. The van der Waals surface area contributed by atoms with Crippen LogP contribution in [0.5, 0.6) is 0 Å². The molecule has 8 N–H and O–H groups in total. The van der Waals surface area contributed by atoms with Crippen LogP contribution in [0.4, 0.5) is 0 Å². The van der Waals surface area contributed by atoms with Crippen LogP contribution in [-0.4, -0.2) is 102 Å². The first kappa shape index (κ1) is 62.4. The molecule has 0 aliphatic rings. The summed E-state index contributed by atoms with van der Waals surface area (Å²) in [4.78, 5) is 111. The van der Waals surface area contributed by atoms with E-state index in [9.17, 15) is 73.8 Å². The van der Waals surface area contributed by atoms with Crippen LogP contribution in [0.3, 0.4) is 0 Å². The van der Waals surface area contributed by atoms with Gasteiger partial charge in [0.05, 0.1) is 0 Å². The lowest BCUT2D eigenvalue weighted by Gasteiger charge is -2.34. The average Bonchev–Trinajstić information content (AvgIpc) is 3.30. The molecular weight excluding hydrogens is 911 g/mol. The van der Waals surface area contributed by atoms with Gasteiger partial charge < -0.3 is 46.0 Å². The number of amides is 2. The van der Waals surface area contributed by atoms with E-state index in [-0.39, 0.29) is 69.2 Å². The van der Waals surface area contributed by atoms with Crippen molar-refractivity contribution < 1.29 is 83.1 Å². The monoisotopic (exact) mass is 993 g/mol. The molecule has 0 saturated carbocycles. The molecule has 0 bridgehead atoms. The van der Waals surface area contributed by atoms with E-state index in [0.717, 1.165) is 31.7 Å². The number of hydrogen-bond acceptors (Lipinski definition) is 10. The number of ether oxygens (including phenoxy) is 1. The number of nitrogens with zero attached hydrogens (tertiary/aromatic N) is 1. The molecule has 0 aromatic carbocycles. The van der Waals surface area contributed by atoms with Gasteiger partial charge in [0.2, 0.25) is 0 Å². The summed E-state index contributed by atoms with van der Waals surface area (Å²) >= 11 is 0. The molecule has 1 aromatic heterocycles. The van der Waals surface area contributed by atoms with E-state index < -0.39 is 103 Å². The summed E-state index contributed by atoms with van der Waals surface area (Å²) in [5.41, 5.74) is -3.77. The Kier molecular flexibility index (Phi) is 32.4. The molecule has 70 heavy (non-hydrogen) atoms. The Labute approximate surface area is 412 Å². The van der Waals surface area contributed by atoms with E-state index in [1.165, 1.54) is 107 Å². The molecule has 0 atom stereocenters. The number of hydrogen-bond donors (Lipinski definition) is 8. The highest BCUT2D eigenvalue weighted by molar-refractivity contribution is 5.99. The normalized spacial score (nSPS) is 11.4. The Morgan fingerprint density at radius 3 is 0.971 bits per heavy atom. The molecule has 1 aromatic rings. The topological polar surface area (TPSA) is 312 Å². The minimum absolute atomic E-state index is 0.100. The lowest BCUT2D eigenvalue weighted by atomic mass is 9.83. The number of aromatic nitrogens is 1. The van der Waals surface area contributed by atoms with E-state index >= 15 is 0 Å². The van der Waals surface area contributed by atoms with Gasteiger partial charge in [0.1, 0.15) is 11.1 Å². The van der Waals surface area contributed by atoms with Gasteiger partial charge in [-0.3, -0.25) is 43.2 Å². The molecule has 2 amide bonds. The van der Waals surface area contributed by atoms with Gasteiger partial charge in [0.15, 0.2) is 25.5 Å². The maximum atomic E-state index is 14.1. The molecule has 19 heteroatoms. The van der Waals surface area contributed by atoms with Gasteiger partial charge in [-0.15, -0.1) is 0 Å². The Morgan fingerprint density at radius 2 is 0.700 bits per heavy atom. The van der Waals surface area contributed by atoms with Gasteiger partial charge in [0.25, 0.3) is 11.8 Å². The van der Waals surface area contributed by atoms with Crippen LogP contribution in [0, 0.1) is 0 Å². The van der Waals surface area contributed by atoms with E-state index in [1.807, 2.05) is 0 Å². The highest BCUT2D eigenvalue weighted by Crippen LogP contribution is 2.29. The van der Waals surface area contributed by atoms with Gasteiger partial charge in [-0.25, -0.2) is 0 Å². The maximum Gasteiger partial charge on any atom is 0.306 e. The quantitative estimate of drug-likeness (QED) is 0.0173. The summed E-state index contributed by atoms with van der Waals surface area (Å²) in [7, 11) is 0. The van der Waals surface area contributed by atoms with Crippen molar-refractivity contribution in [2.45, 2.75) is 230 Å². The molecule has 396 valence electrons. The zero-order valence-electron chi connectivity index (χ0n) is 41.5. The third-order valence-corrected chi connectivity index (χ3v) is 12.7. The Morgan fingerprint density at radius 1 is 0.429 bits per heavy atom. The van der Waals surface area contributed by atoms with Crippen molar-refractivity contribution in [3.63, 3.8) is 0 Å². The molecule has 0 aliphatic carbocycles. The van der Waals surface area contributed by atoms with Crippen molar-refractivity contribution in [1.82, 2.24) is 10.6 Å². The molecular formula is C51H82N3O16+. The zero-order chi connectivity index (χ0) is 52.2. The van der Waals surface area contributed by atoms with Crippen molar-refractivity contribution in [3.8, 4) is 0 Å². The second-order valence-corrected chi connectivity index (χ2v) is 18.7. The van der Waals surface area contributed by atoms with Crippen molar-refractivity contribution in [2.24, 2.45) is 0 Å². The highest BCUT2D eigenvalue weighted by Gasteiger charge is 2.37. The number of rotatable bonds is 45. The third kappa shape index (κ3) is 30.8. The standard InChI is InChI=1S/C51H81N3O16/c1-2-3-4-5-6-7-8-9-10-11-12-13-14-15-16-17-18-19-20-21-47(67)70-35-34-54-37-39(48(68)52-50(28-22-41(55)56,29-23-42(57)58)30-24-43(59)60)36-40(38-54)49(69)53-51(31-25-44(61)62,32-26-45(63)64)33-27-46(65)66/h36-38H,2-35H2,1H3,(H7-,52,53,55,56,57,58,59,60,61,62,63,64,65,66,68,69)/p+1. The second kappa shape index (κ2) is 36.3. The van der Waals surface area contributed by atoms with E-state index in [1.54, 1.807) is 0 Å². The first-order valence-electron chi connectivity index (χ1n) is 25.5. The molecule has 0 radical (unpaired) electrons. The fraction of sp³-hybridized carbons (Fsp3) is 0.725. The maximum absolute atomic E-state index is 14.1. The minimum Gasteiger partial charge on any atom is -0.481 e. The van der Waals surface area contributed by atoms with Crippen molar-refractivity contribution in [3.05, 3.63) is 29.6 Å². The number of nitrogens with one attached hydrogen (secondary N) is 2. The van der Waals surface area contributed by atoms with Crippen molar-refractivity contribution >= 4 is 53.6 Å². The van der Waals surface area contributed by atoms with Gasteiger partial charge >= 0.3 is 41.8 Å². The minimum atomic E-state index is -1.64. The molecule has 0 aliphatic heterocycles. The Hall–Kier alpha value is -5.62. The van der Waals surface area contributed by atoms with Crippen LogP contribution in [0.2, 0.25) is 0 Å². The first-order valence-corrected chi connectivity index (χ1v) is 25.5. The second-order valence-electron chi connectivity index (χ2n) is 18.7. The average molecular weight is 993 g/mol. The van der Waals surface area contributed by atoms with E-state index in [4.69, 9.17) is 4.74 Å². The molecule has 1 rings (SSSR count). The van der Waals surface area contributed by atoms with Crippen LogP contribution in [-0.2, 0) is 44.8 Å².